The summed E-state index contributed by atoms with van der Waals surface area (Å²) in [5.41, 5.74) is 4.67. The third-order valence-corrected chi connectivity index (χ3v) is 3.65. The fourth-order valence-corrected chi connectivity index (χ4v) is 2.44. The lowest BCUT2D eigenvalue weighted by atomic mass is 10.1. The minimum atomic E-state index is -0.316. The fraction of sp³-hybridized carbons (Fsp3) is 0.263. The summed E-state index contributed by atoms with van der Waals surface area (Å²) in [7, 11) is 0. The van der Waals surface area contributed by atoms with Gasteiger partial charge in [0.2, 0.25) is 11.8 Å². The minimum absolute atomic E-state index is 0.203. The van der Waals surface area contributed by atoms with Crippen molar-refractivity contribution in [2.45, 2.75) is 33.6 Å². The summed E-state index contributed by atoms with van der Waals surface area (Å²) >= 11 is 0. The molecule has 120 valence electrons. The smallest absolute Gasteiger partial charge is 0.233 e. The molecule has 2 aromatic rings. The van der Waals surface area contributed by atoms with Gasteiger partial charge >= 0.3 is 0 Å². The van der Waals surface area contributed by atoms with Gasteiger partial charge in [0.25, 0.3) is 0 Å². The van der Waals surface area contributed by atoms with Crippen LogP contribution in [0, 0.1) is 13.8 Å². The number of hydrogen-bond acceptors (Lipinski definition) is 2. The van der Waals surface area contributed by atoms with E-state index in [-0.39, 0.29) is 18.2 Å². The highest BCUT2D eigenvalue weighted by molar-refractivity contribution is 6.08. The molecule has 4 heteroatoms. The summed E-state index contributed by atoms with van der Waals surface area (Å²) in [4.78, 5) is 24.1. The lowest BCUT2D eigenvalue weighted by molar-refractivity contribution is -0.123. The molecule has 0 unspecified atom stereocenters. The summed E-state index contributed by atoms with van der Waals surface area (Å²) in [6.45, 7) is 5.95. The first-order valence-corrected chi connectivity index (χ1v) is 7.74. The van der Waals surface area contributed by atoms with Gasteiger partial charge in [-0.3, -0.25) is 9.59 Å². The van der Waals surface area contributed by atoms with E-state index in [1.165, 1.54) is 0 Å². The number of aryl methyl sites for hydroxylation is 3. The maximum Gasteiger partial charge on any atom is 0.233 e. The Hall–Kier alpha value is -2.62. The van der Waals surface area contributed by atoms with E-state index in [0.29, 0.717) is 0 Å². The molecule has 0 radical (unpaired) electrons. The van der Waals surface area contributed by atoms with Crippen molar-refractivity contribution in [2.75, 3.05) is 10.6 Å². The highest BCUT2D eigenvalue weighted by atomic mass is 16.2. The summed E-state index contributed by atoms with van der Waals surface area (Å²) < 4.78 is 0. The molecule has 2 rings (SSSR count). The molecule has 0 aliphatic rings. The Morgan fingerprint density at radius 2 is 1.57 bits per heavy atom. The third-order valence-electron chi connectivity index (χ3n) is 3.65. The van der Waals surface area contributed by atoms with Crippen molar-refractivity contribution in [3.63, 3.8) is 0 Å². The maximum absolute atomic E-state index is 12.0. The molecule has 2 amide bonds. The fourth-order valence-electron chi connectivity index (χ4n) is 2.44. The van der Waals surface area contributed by atoms with Crippen LogP contribution in [0.3, 0.4) is 0 Å². The second-order valence-electron chi connectivity index (χ2n) is 5.60. The van der Waals surface area contributed by atoms with Crippen LogP contribution in [0.1, 0.15) is 30.0 Å². The zero-order valence-electron chi connectivity index (χ0n) is 13.8. The van der Waals surface area contributed by atoms with Crippen LogP contribution in [0.25, 0.3) is 0 Å². The standard InChI is InChI=1S/C19H22N2O2/c1-4-15-7-5-6-8-17(15)21-19(23)12-18(22)20-16-10-9-13(2)11-14(16)3/h5-11H,4,12H2,1-3H3,(H,20,22)(H,21,23). The molecule has 0 aliphatic carbocycles. The third kappa shape index (κ3) is 4.68. The van der Waals surface area contributed by atoms with Crippen molar-refractivity contribution < 1.29 is 9.59 Å². The van der Waals surface area contributed by atoms with Gasteiger partial charge in [-0.05, 0) is 43.5 Å². The topological polar surface area (TPSA) is 58.2 Å². The molecule has 2 N–H and O–H groups in total. The number of hydrogen-bond donors (Lipinski definition) is 2. The van der Waals surface area contributed by atoms with Crippen molar-refractivity contribution in [3.05, 3.63) is 59.2 Å². The number of amides is 2. The first-order valence-electron chi connectivity index (χ1n) is 7.74. The normalized spacial score (nSPS) is 10.2. The van der Waals surface area contributed by atoms with Crippen LogP contribution < -0.4 is 10.6 Å². The van der Waals surface area contributed by atoms with Crippen LogP contribution >= 0.6 is 0 Å². The molecule has 0 atom stereocenters. The van der Waals surface area contributed by atoms with Gasteiger partial charge in [-0.25, -0.2) is 0 Å². The molecule has 23 heavy (non-hydrogen) atoms. The number of carbonyl (C=O) groups excluding carboxylic acids is 2. The zero-order chi connectivity index (χ0) is 16.8. The van der Waals surface area contributed by atoms with Crippen molar-refractivity contribution in [2.24, 2.45) is 0 Å². The van der Waals surface area contributed by atoms with Gasteiger partial charge in [-0.15, -0.1) is 0 Å². The van der Waals surface area contributed by atoms with E-state index >= 15 is 0 Å². The molecule has 0 saturated carbocycles. The lowest BCUT2D eigenvalue weighted by Gasteiger charge is -2.11. The minimum Gasteiger partial charge on any atom is -0.325 e. The number of anilines is 2. The van der Waals surface area contributed by atoms with Gasteiger partial charge in [0.15, 0.2) is 0 Å². The average molecular weight is 310 g/mol. The van der Waals surface area contributed by atoms with E-state index in [1.807, 2.05) is 63.2 Å². The molecule has 0 bridgehead atoms. The van der Waals surface area contributed by atoms with Gasteiger partial charge in [-0.1, -0.05) is 42.8 Å². The molecule has 2 aromatic carbocycles. The monoisotopic (exact) mass is 310 g/mol. The van der Waals surface area contributed by atoms with Crippen molar-refractivity contribution >= 4 is 23.2 Å². The Labute approximate surface area is 136 Å². The summed E-state index contributed by atoms with van der Waals surface area (Å²) in [5, 5.41) is 5.59. The van der Waals surface area contributed by atoms with Gasteiger partial charge in [0.05, 0.1) is 0 Å². The highest BCUT2D eigenvalue weighted by Gasteiger charge is 2.12. The van der Waals surface area contributed by atoms with Crippen LogP contribution in [0.2, 0.25) is 0 Å². The Kier molecular flexibility index (Phi) is 5.52. The van der Waals surface area contributed by atoms with Gasteiger partial charge < -0.3 is 10.6 Å². The molecule has 0 saturated heterocycles. The van der Waals surface area contributed by atoms with Crippen molar-refractivity contribution in [3.8, 4) is 0 Å². The largest absolute Gasteiger partial charge is 0.325 e. The quantitative estimate of drug-likeness (QED) is 0.825. The molecule has 0 aliphatic heterocycles. The Morgan fingerprint density at radius 3 is 2.22 bits per heavy atom. The summed E-state index contributed by atoms with van der Waals surface area (Å²) in [5.74, 6) is -0.628. The molecule has 0 fully saturated rings. The first kappa shape index (κ1) is 16.7. The van der Waals surface area contributed by atoms with Crippen LogP contribution in [0.15, 0.2) is 42.5 Å². The van der Waals surface area contributed by atoms with E-state index in [4.69, 9.17) is 0 Å². The average Bonchev–Trinajstić information content (AvgIpc) is 2.50. The summed E-state index contributed by atoms with van der Waals surface area (Å²) in [6, 6.07) is 13.4. The van der Waals surface area contributed by atoms with E-state index in [2.05, 4.69) is 10.6 Å². The lowest BCUT2D eigenvalue weighted by Crippen LogP contribution is -2.22. The SMILES string of the molecule is CCc1ccccc1NC(=O)CC(=O)Nc1ccc(C)cc1C. The van der Waals surface area contributed by atoms with Crippen LogP contribution in [0.5, 0.6) is 0 Å². The Balaban J connectivity index is 1.96. The number of carbonyl (C=O) groups is 2. The number of para-hydroxylation sites is 1. The van der Waals surface area contributed by atoms with E-state index in [1.54, 1.807) is 0 Å². The van der Waals surface area contributed by atoms with Gasteiger partial charge in [0, 0.05) is 11.4 Å². The van der Waals surface area contributed by atoms with Gasteiger partial charge in [-0.2, -0.15) is 0 Å². The van der Waals surface area contributed by atoms with Crippen LogP contribution in [-0.4, -0.2) is 11.8 Å². The zero-order valence-corrected chi connectivity index (χ0v) is 13.8. The molecule has 4 nitrogen and oxygen atoms in total. The van der Waals surface area contributed by atoms with Crippen LogP contribution in [0.4, 0.5) is 11.4 Å². The maximum atomic E-state index is 12.0. The van der Waals surface area contributed by atoms with Crippen molar-refractivity contribution in [1.82, 2.24) is 0 Å². The molecule has 0 aromatic heterocycles. The first-order chi connectivity index (χ1) is 11.0. The second-order valence-corrected chi connectivity index (χ2v) is 5.60. The Morgan fingerprint density at radius 1 is 0.913 bits per heavy atom. The molecular weight excluding hydrogens is 288 g/mol. The predicted octanol–water partition coefficient (Wildman–Crippen LogP) is 3.83. The van der Waals surface area contributed by atoms with Crippen LogP contribution in [-0.2, 0) is 16.0 Å². The van der Waals surface area contributed by atoms with E-state index in [9.17, 15) is 9.59 Å². The summed E-state index contributed by atoms with van der Waals surface area (Å²) in [6.07, 6.45) is 0.622. The van der Waals surface area contributed by atoms with E-state index < -0.39 is 0 Å². The number of rotatable bonds is 5. The molecule has 0 heterocycles. The molecule has 0 spiro atoms. The highest BCUT2D eigenvalue weighted by Crippen LogP contribution is 2.17. The number of nitrogens with one attached hydrogen (secondary N) is 2. The number of benzene rings is 2. The second kappa shape index (κ2) is 7.58. The molecular formula is C19H22N2O2. The Bertz CT molecular complexity index is 723. The predicted molar refractivity (Wildman–Crippen MR) is 93.6 cm³/mol. The van der Waals surface area contributed by atoms with Gasteiger partial charge in [0.1, 0.15) is 6.42 Å². The van der Waals surface area contributed by atoms with E-state index in [0.717, 1.165) is 34.5 Å². The van der Waals surface area contributed by atoms with Crippen molar-refractivity contribution in [1.29, 1.82) is 0 Å².